The van der Waals surface area contributed by atoms with Gasteiger partial charge in [-0.05, 0) is 61.3 Å². The van der Waals surface area contributed by atoms with E-state index in [4.69, 9.17) is 9.47 Å². The molecule has 0 bridgehead atoms. The molecule has 26 heavy (non-hydrogen) atoms. The van der Waals surface area contributed by atoms with Gasteiger partial charge in [0.05, 0.1) is 18.7 Å². The zero-order chi connectivity index (χ0) is 19.7. The first-order valence-electron chi connectivity index (χ1n) is 8.94. The molecule has 148 valence electrons. The van der Waals surface area contributed by atoms with E-state index in [0.29, 0.717) is 30.1 Å². The molecule has 0 saturated carbocycles. The van der Waals surface area contributed by atoms with Gasteiger partial charge in [-0.3, -0.25) is 9.89 Å². The molecule has 0 saturated heterocycles. The molecule has 0 amide bonds. The normalized spacial score (nSPS) is 12.0. The van der Waals surface area contributed by atoms with Gasteiger partial charge in [0, 0.05) is 38.8 Å². The number of aliphatic imine (C=N–C) groups is 1. The molecule has 0 fully saturated rings. The summed E-state index contributed by atoms with van der Waals surface area (Å²) in [5.74, 6) is 2.18. The van der Waals surface area contributed by atoms with Crippen molar-refractivity contribution in [2.24, 2.45) is 4.99 Å². The van der Waals surface area contributed by atoms with Crippen LogP contribution < -0.4 is 20.1 Å². The summed E-state index contributed by atoms with van der Waals surface area (Å²) < 4.78 is 11.6. The lowest BCUT2D eigenvalue weighted by atomic mass is 10.2. The number of nitrogens with one attached hydrogen (secondary N) is 2. The number of halogens is 1. The van der Waals surface area contributed by atoms with Crippen molar-refractivity contribution in [1.82, 2.24) is 15.5 Å². The van der Waals surface area contributed by atoms with Crippen LogP contribution in [0, 0.1) is 0 Å². The maximum Gasteiger partial charge on any atom is 0.191 e. The lowest BCUT2D eigenvalue weighted by Crippen LogP contribution is -2.45. The molecule has 0 aromatic heterocycles. The number of benzene rings is 1. The number of nitrogens with zero attached hydrogens (tertiary/aromatic N) is 2. The molecule has 0 unspecified atom stereocenters. The van der Waals surface area contributed by atoms with Crippen LogP contribution in [-0.2, 0) is 6.54 Å². The number of ether oxygens (including phenoxy) is 2. The van der Waals surface area contributed by atoms with E-state index in [0.717, 1.165) is 29.1 Å². The average Bonchev–Trinajstić information content (AvgIpc) is 2.59. The lowest BCUT2D eigenvalue weighted by molar-refractivity contribution is 0.178. The van der Waals surface area contributed by atoms with Gasteiger partial charge in [0.2, 0.25) is 0 Å². The predicted octanol–water partition coefficient (Wildman–Crippen LogP) is 3.25. The summed E-state index contributed by atoms with van der Waals surface area (Å²) in [6.07, 6.45) is 0. The Balaban J connectivity index is 2.61. The van der Waals surface area contributed by atoms with Crippen LogP contribution in [0.4, 0.5) is 0 Å². The third kappa shape index (κ3) is 6.68. The van der Waals surface area contributed by atoms with Gasteiger partial charge in [-0.2, -0.15) is 0 Å². The second kappa shape index (κ2) is 11.3. The lowest BCUT2D eigenvalue weighted by Gasteiger charge is -2.30. The molecular formula is C19H33BrN4O2. The highest BCUT2D eigenvalue weighted by molar-refractivity contribution is 9.10. The Labute approximate surface area is 166 Å². The number of rotatable bonds is 9. The quantitative estimate of drug-likeness (QED) is 0.466. The third-order valence-electron chi connectivity index (χ3n) is 4.17. The summed E-state index contributed by atoms with van der Waals surface area (Å²) in [4.78, 5) is 6.75. The van der Waals surface area contributed by atoms with Crippen molar-refractivity contribution in [2.75, 3.05) is 34.4 Å². The van der Waals surface area contributed by atoms with Gasteiger partial charge in [0.15, 0.2) is 17.5 Å². The molecule has 1 aromatic carbocycles. The van der Waals surface area contributed by atoms with Gasteiger partial charge in [0.1, 0.15) is 0 Å². The molecule has 6 nitrogen and oxygen atoms in total. The van der Waals surface area contributed by atoms with Crippen molar-refractivity contribution in [2.45, 2.75) is 46.3 Å². The molecule has 7 heteroatoms. The fraction of sp³-hybridized carbons (Fsp3) is 0.632. The zero-order valence-electron chi connectivity index (χ0n) is 17.0. The van der Waals surface area contributed by atoms with E-state index in [2.05, 4.69) is 64.2 Å². The van der Waals surface area contributed by atoms with Crippen LogP contribution in [0.2, 0.25) is 0 Å². The van der Waals surface area contributed by atoms with E-state index in [9.17, 15) is 0 Å². The number of methoxy groups -OCH3 is 2. The third-order valence-corrected chi connectivity index (χ3v) is 4.75. The monoisotopic (exact) mass is 428 g/mol. The zero-order valence-corrected chi connectivity index (χ0v) is 18.6. The summed E-state index contributed by atoms with van der Waals surface area (Å²) in [6, 6.07) is 5.02. The van der Waals surface area contributed by atoms with Crippen LogP contribution in [0.15, 0.2) is 21.6 Å². The minimum absolute atomic E-state index is 0.524. The van der Waals surface area contributed by atoms with Crippen LogP contribution in [-0.4, -0.2) is 57.3 Å². The molecule has 2 N–H and O–H groups in total. The van der Waals surface area contributed by atoms with Gasteiger partial charge in [0.25, 0.3) is 0 Å². The number of hydrogen-bond donors (Lipinski definition) is 2. The van der Waals surface area contributed by atoms with E-state index < -0.39 is 0 Å². The highest BCUT2D eigenvalue weighted by Gasteiger charge is 2.13. The Morgan fingerprint density at radius 3 is 2.27 bits per heavy atom. The van der Waals surface area contributed by atoms with Crippen LogP contribution in [0.25, 0.3) is 0 Å². The van der Waals surface area contributed by atoms with Crippen LogP contribution in [0.5, 0.6) is 11.5 Å². The average molecular weight is 429 g/mol. The van der Waals surface area contributed by atoms with E-state index in [1.807, 2.05) is 12.1 Å². The summed E-state index contributed by atoms with van der Waals surface area (Å²) in [5, 5.41) is 6.71. The second-order valence-electron chi connectivity index (χ2n) is 6.59. The van der Waals surface area contributed by atoms with Gasteiger partial charge < -0.3 is 20.1 Å². The van der Waals surface area contributed by atoms with Gasteiger partial charge in [-0.1, -0.05) is 0 Å². The Morgan fingerprint density at radius 2 is 1.77 bits per heavy atom. The van der Waals surface area contributed by atoms with Gasteiger partial charge >= 0.3 is 0 Å². The summed E-state index contributed by atoms with van der Waals surface area (Å²) in [5.41, 5.74) is 1.07. The maximum absolute atomic E-state index is 5.39. The molecule has 0 radical (unpaired) electrons. The number of guanidine groups is 1. The largest absolute Gasteiger partial charge is 0.493 e. The minimum atomic E-state index is 0.524. The molecule has 1 rings (SSSR count). The number of hydrogen-bond acceptors (Lipinski definition) is 4. The van der Waals surface area contributed by atoms with E-state index in [1.54, 1.807) is 21.3 Å². The Hall–Kier alpha value is -1.47. The summed E-state index contributed by atoms with van der Waals surface area (Å²) in [6.45, 7) is 11.3. The first-order chi connectivity index (χ1) is 12.3. The van der Waals surface area contributed by atoms with Crippen LogP contribution >= 0.6 is 15.9 Å². The van der Waals surface area contributed by atoms with Crippen molar-refractivity contribution in [3.8, 4) is 11.5 Å². The van der Waals surface area contributed by atoms with Crippen molar-refractivity contribution < 1.29 is 9.47 Å². The molecule has 0 heterocycles. The Kier molecular flexibility index (Phi) is 9.80. The fourth-order valence-electron chi connectivity index (χ4n) is 2.90. The van der Waals surface area contributed by atoms with E-state index in [-0.39, 0.29) is 0 Å². The molecule has 0 aliphatic rings. The SMILES string of the molecule is CN=C(NCCN(C(C)C)C(C)C)NCc1cc(Br)c(OC)c(OC)c1. The molecule has 0 spiro atoms. The molecular weight excluding hydrogens is 396 g/mol. The topological polar surface area (TPSA) is 58.1 Å². The Bertz CT molecular complexity index is 583. The fourth-order valence-corrected chi connectivity index (χ4v) is 3.55. The van der Waals surface area contributed by atoms with E-state index in [1.165, 1.54) is 0 Å². The van der Waals surface area contributed by atoms with E-state index >= 15 is 0 Å². The van der Waals surface area contributed by atoms with Crippen LogP contribution in [0.1, 0.15) is 33.3 Å². The summed E-state index contributed by atoms with van der Waals surface area (Å²) >= 11 is 3.52. The van der Waals surface area contributed by atoms with Crippen molar-refractivity contribution in [1.29, 1.82) is 0 Å². The van der Waals surface area contributed by atoms with Crippen molar-refractivity contribution in [3.05, 3.63) is 22.2 Å². The molecule has 0 aliphatic heterocycles. The Morgan fingerprint density at radius 1 is 1.12 bits per heavy atom. The minimum Gasteiger partial charge on any atom is -0.493 e. The first kappa shape index (κ1) is 22.6. The molecule has 1 aromatic rings. The van der Waals surface area contributed by atoms with Crippen molar-refractivity contribution >= 4 is 21.9 Å². The van der Waals surface area contributed by atoms with Crippen LogP contribution in [0.3, 0.4) is 0 Å². The van der Waals surface area contributed by atoms with Crippen molar-refractivity contribution in [3.63, 3.8) is 0 Å². The summed E-state index contributed by atoms with van der Waals surface area (Å²) in [7, 11) is 5.05. The second-order valence-corrected chi connectivity index (χ2v) is 7.45. The van der Waals surface area contributed by atoms with Gasteiger partial charge in [-0.15, -0.1) is 0 Å². The van der Waals surface area contributed by atoms with Gasteiger partial charge in [-0.25, -0.2) is 0 Å². The highest BCUT2D eigenvalue weighted by atomic mass is 79.9. The maximum atomic E-state index is 5.39. The smallest absolute Gasteiger partial charge is 0.191 e. The standard InChI is InChI=1S/C19H33BrN4O2/c1-13(2)24(14(3)4)9-8-22-19(21-5)23-12-15-10-16(20)18(26-7)17(11-15)25-6/h10-11,13-14H,8-9,12H2,1-7H3,(H2,21,22,23). The molecule has 0 aliphatic carbocycles. The first-order valence-corrected chi connectivity index (χ1v) is 9.73. The molecule has 0 atom stereocenters. The highest BCUT2D eigenvalue weighted by Crippen LogP contribution is 2.36. The predicted molar refractivity (Wildman–Crippen MR) is 112 cm³/mol.